The largest absolute Gasteiger partial charge is 0.423 e. The van der Waals surface area contributed by atoms with E-state index in [9.17, 15) is 29.8 Å². The quantitative estimate of drug-likeness (QED) is 0.163. The minimum Gasteiger partial charge on any atom is -0.423 e. The van der Waals surface area contributed by atoms with E-state index in [1.807, 2.05) is 0 Å². The van der Waals surface area contributed by atoms with Crippen molar-refractivity contribution >= 4 is 45.4 Å². The van der Waals surface area contributed by atoms with Gasteiger partial charge in [0, 0.05) is 22.2 Å². The zero-order valence-corrected chi connectivity index (χ0v) is 18.1. The standard InChI is InChI=1S/C21H13BrN4O7/c22-16-5-2-4-14(8-16)20(27)24-23-12-13-3-1-6-19(7-13)33-21(28)15-9-17(25(29)30)11-18(10-15)26(31)32/h1-12H,(H,24,27). The molecule has 3 aromatic rings. The minimum atomic E-state index is -1.01. The Morgan fingerprint density at radius 3 is 2.21 bits per heavy atom. The number of amides is 1. The summed E-state index contributed by atoms with van der Waals surface area (Å²) in [5.74, 6) is -1.38. The van der Waals surface area contributed by atoms with Gasteiger partial charge in [0.2, 0.25) is 0 Å². The van der Waals surface area contributed by atoms with E-state index in [0.717, 1.165) is 22.7 Å². The number of nitrogens with zero attached hydrogens (tertiary/aromatic N) is 3. The summed E-state index contributed by atoms with van der Waals surface area (Å²) in [6, 6.07) is 15.3. The fourth-order valence-electron chi connectivity index (χ4n) is 2.61. The third-order valence-corrected chi connectivity index (χ3v) is 4.59. The predicted octanol–water partition coefficient (Wildman–Crippen LogP) is 4.25. The van der Waals surface area contributed by atoms with Crippen LogP contribution in [-0.4, -0.2) is 27.9 Å². The van der Waals surface area contributed by atoms with Crippen LogP contribution in [0.5, 0.6) is 5.75 Å². The monoisotopic (exact) mass is 512 g/mol. The van der Waals surface area contributed by atoms with Gasteiger partial charge in [0.25, 0.3) is 17.3 Å². The number of hydrogen-bond acceptors (Lipinski definition) is 8. The molecule has 0 heterocycles. The van der Waals surface area contributed by atoms with E-state index in [0.29, 0.717) is 11.1 Å². The number of rotatable bonds is 7. The SMILES string of the molecule is O=C(NN=Cc1cccc(OC(=O)c2cc([N+](=O)[O-])cc([N+](=O)[O-])c2)c1)c1cccc(Br)c1. The molecule has 0 radical (unpaired) electrons. The number of hydrogen-bond donors (Lipinski definition) is 1. The van der Waals surface area contributed by atoms with Crippen LogP contribution in [0.3, 0.4) is 0 Å². The molecule has 3 rings (SSSR count). The van der Waals surface area contributed by atoms with Gasteiger partial charge in [-0.3, -0.25) is 25.0 Å². The normalized spacial score (nSPS) is 10.6. The second-order valence-electron chi connectivity index (χ2n) is 6.42. The van der Waals surface area contributed by atoms with Crippen LogP contribution in [0.4, 0.5) is 11.4 Å². The van der Waals surface area contributed by atoms with Crippen molar-refractivity contribution in [2.45, 2.75) is 0 Å². The van der Waals surface area contributed by atoms with Crippen LogP contribution in [0.1, 0.15) is 26.3 Å². The molecule has 1 amide bonds. The summed E-state index contributed by atoms with van der Waals surface area (Å²) in [5.41, 5.74) is 1.66. The van der Waals surface area contributed by atoms with Gasteiger partial charge in [0.1, 0.15) is 5.75 Å². The summed E-state index contributed by atoms with van der Waals surface area (Å²) in [4.78, 5) is 44.8. The number of halogens is 1. The number of carbonyl (C=O) groups excluding carboxylic acids is 2. The fraction of sp³-hybridized carbons (Fsp3) is 0. The Labute approximate surface area is 194 Å². The summed E-state index contributed by atoms with van der Waals surface area (Å²) in [6.07, 6.45) is 1.32. The predicted molar refractivity (Wildman–Crippen MR) is 120 cm³/mol. The van der Waals surface area contributed by atoms with Crippen molar-refractivity contribution in [3.63, 3.8) is 0 Å². The Hall–Kier alpha value is -4.45. The highest BCUT2D eigenvalue weighted by Crippen LogP contribution is 2.24. The minimum absolute atomic E-state index is 0.0661. The molecule has 0 spiro atoms. The van der Waals surface area contributed by atoms with Gasteiger partial charge in [-0.1, -0.05) is 34.1 Å². The molecule has 0 aliphatic heterocycles. The Morgan fingerprint density at radius 1 is 0.909 bits per heavy atom. The second-order valence-corrected chi connectivity index (χ2v) is 7.34. The van der Waals surface area contributed by atoms with Gasteiger partial charge >= 0.3 is 5.97 Å². The molecule has 0 aliphatic rings. The van der Waals surface area contributed by atoms with Crippen molar-refractivity contribution in [1.82, 2.24) is 5.43 Å². The topological polar surface area (TPSA) is 154 Å². The van der Waals surface area contributed by atoms with Gasteiger partial charge in [0.15, 0.2) is 0 Å². The van der Waals surface area contributed by atoms with E-state index in [1.165, 1.54) is 18.3 Å². The van der Waals surface area contributed by atoms with Gasteiger partial charge in [0.05, 0.1) is 27.7 Å². The van der Waals surface area contributed by atoms with E-state index in [1.54, 1.807) is 36.4 Å². The van der Waals surface area contributed by atoms with E-state index in [2.05, 4.69) is 26.5 Å². The van der Waals surface area contributed by atoms with Gasteiger partial charge in [-0.2, -0.15) is 5.10 Å². The van der Waals surface area contributed by atoms with Crippen LogP contribution < -0.4 is 10.2 Å². The number of benzene rings is 3. The van der Waals surface area contributed by atoms with E-state index < -0.39 is 33.1 Å². The smallest absolute Gasteiger partial charge is 0.344 e. The molecule has 11 nitrogen and oxygen atoms in total. The summed E-state index contributed by atoms with van der Waals surface area (Å²) in [6.45, 7) is 0. The number of carbonyl (C=O) groups is 2. The molecule has 166 valence electrons. The summed E-state index contributed by atoms with van der Waals surface area (Å²) >= 11 is 3.28. The van der Waals surface area contributed by atoms with E-state index in [4.69, 9.17) is 4.74 Å². The van der Waals surface area contributed by atoms with E-state index in [-0.39, 0.29) is 11.3 Å². The van der Waals surface area contributed by atoms with Crippen molar-refractivity contribution in [3.05, 3.63) is 108 Å². The van der Waals surface area contributed by atoms with Crippen LogP contribution in [0.25, 0.3) is 0 Å². The first-order valence-electron chi connectivity index (χ1n) is 9.08. The second kappa shape index (κ2) is 10.2. The molecular formula is C21H13BrN4O7. The van der Waals surface area contributed by atoms with E-state index >= 15 is 0 Å². The number of ether oxygens (including phenoxy) is 1. The van der Waals surface area contributed by atoms with Crippen LogP contribution in [0, 0.1) is 20.2 Å². The summed E-state index contributed by atoms with van der Waals surface area (Å²) in [7, 11) is 0. The van der Waals surface area contributed by atoms with Crippen LogP contribution in [0.2, 0.25) is 0 Å². The molecule has 0 saturated carbocycles. The van der Waals surface area contributed by atoms with Crippen LogP contribution in [-0.2, 0) is 0 Å². The maximum Gasteiger partial charge on any atom is 0.344 e. The molecule has 0 aliphatic carbocycles. The number of nitro groups is 2. The zero-order valence-electron chi connectivity index (χ0n) is 16.5. The van der Waals surface area contributed by atoms with Crippen molar-refractivity contribution < 1.29 is 24.2 Å². The maximum atomic E-state index is 12.4. The Kier molecular flexibility index (Phi) is 7.20. The first-order valence-corrected chi connectivity index (χ1v) is 9.87. The lowest BCUT2D eigenvalue weighted by Crippen LogP contribution is -2.17. The maximum absolute atomic E-state index is 12.4. The van der Waals surface area contributed by atoms with Crippen molar-refractivity contribution in [3.8, 4) is 5.75 Å². The average molecular weight is 513 g/mol. The van der Waals surface area contributed by atoms with Crippen molar-refractivity contribution in [2.24, 2.45) is 5.10 Å². The highest BCUT2D eigenvalue weighted by Gasteiger charge is 2.21. The fourth-order valence-corrected chi connectivity index (χ4v) is 3.01. The molecule has 0 fully saturated rings. The van der Waals surface area contributed by atoms with Crippen LogP contribution >= 0.6 is 15.9 Å². The highest BCUT2D eigenvalue weighted by molar-refractivity contribution is 9.10. The lowest BCUT2D eigenvalue weighted by Gasteiger charge is -2.05. The molecule has 33 heavy (non-hydrogen) atoms. The number of non-ortho nitro benzene ring substituents is 2. The third kappa shape index (κ3) is 6.27. The Bertz CT molecular complexity index is 1260. The number of hydrazone groups is 1. The molecular weight excluding hydrogens is 500 g/mol. The molecule has 0 atom stereocenters. The summed E-state index contributed by atoms with van der Waals surface area (Å²) in [5, 5.41) is 25.8. The van der Waals surface area contributed by atoms with Crippen molar-refractivity contribution in [1.29, 1.82) is 0 Å². The van der Waals surface area contributed by atoms with Crippen molar-refractivity contribution in [2.75, 3.05) is 0 Å². The third-order valence-electron chi connectivity index (χ3n) is 4.10. The number of nitro benzene ring substituents is 2. The van der Waals surface area contributed by atoms with Gasteiger partial charge in [-0.05, 0) is 35.9 Å². The molecule has 0 unspecified atom stereocenters. The molecule has 3 aromatic carbocycles. The van der Waals surface area contributed by atoms with Gasteiger partial charge in [-0.15, -0.1) is 0 Å². The number of esters is 1. The van der Waals surface area contributed by atoms with Gasteiger partial charge in [-0.25, -0.2) is 10.2 Å². The molecule has 0 saturated heterocycles. The zero-order chi connectivity index (χ0) is 24.0. The lowest BCUT2D eigenvalue weighted by atomic mass is 10.1. The molecule has 0 aromatic heterocycles. The summed E-state index contributed by atoms with van der Waals surface area (Å²) < 4.78 is 5.92. The molecule has 12 heteroatoms. The highest BCUT2D eigenvalue weighted by atomic mass is 79.9. The lowest BCUT2D eigenvalue weighted by molar-refractivity contribution is -0.394. The Balaban J connectivity index is 1.71. The Morgan fingerprint density at radius 2 is 1.58 bits per heavy atom. The molecule has 0 bridgehead atoms. The first-order chi connectivity index (χ1) is 15.7. The first kappa shape index (κ1) is 23.2. The van der Waals surface area contributed by atoms with Gasteiger partial charge < -0.3 is 4.74 Å². The number of nitrogens with one attached hydrogen (secondary N) is 1. The van der Waals surface area contributed by atoms with Crippen LogP contribution in [0.15, 0.2) is 76.3 Å². The molecule has 1 N–H and O–H groups in total. The average Bonchev–Trinajstić information content (AvgIpc) is 2.78.